The minimum atomic E-state index is -0.737. The van der Waals surface area contributed by atoms with Crippen molar-refractivity contribution < 1.29 is 9.90 Å². The summed E-state index contributed by atoms with van der Waals surface area (Å²) in [5.41, 5.74) is 3.10. The average molecular weight is 328 g/mol. The minimum absolute atomic E-state index is 0.00291. The van der Waals surface area contributed by atoms with Crippen molar-refractivity contribution in [3.8, 4) is 0 Å². The summed E-state index contributed by atoms with van der Waals surface area (Å²) in [5, 5.41) is 17.1. The molecule has 0 aliphatic carbocycles. The molecule has 6 heteroatoms. The number of carbonyl (C=O) groups is 1. The molecule has 3 heterocycles. The third kappa shape index (κ3) is 3.48. The average Bonchev–Trinajstić information content (AvgIpc) is 3.15. The first-order valence-electron chi connectivity index (χ1n) is 8.24. The van der Waals surface area contributed by atoms with Crippen LogP contribution in [0.4, 0.5) is 0 Å². The van der Waals surface area contributed by atoms with Crippen LogP contribution in [0, 0.1) is 5.92 Å². The molecule has 1 saturated heterocycles. The smallest absolute Gasteiger partial charge is 0.308 e. The van der Waals surface area contributed by atoms with Gasteiger partial charge in [-0.25, -0.2) is 0 Å². The Labute approximate surface area is 141 Å². The lowest BCUT2D eigenvalue weighted by molar-refractivity contribution is -0.141. The molecule has 2 aromatic rings. The molecule has 1 aliphatic rings. The van der Waals surface area contributed by atoms with Gasteiger partial charge in [0.05, 0.1) is 11.6 Å². The molecule has 0 radical (unpaired) electrons. The van der Waals surface area contributed by atoms with Crippen LogP contribution in [-0.4, -0.2) is 44.2 Å². The topological polar surface area (TPSA) is 82.1 Å². The largest absolute Gasteiger partial charge is 0.481 e. The van der Waals surface area contributed by atoms with E-state index in [0.717, 1.165) is 23.5 Å². The lowest BCUT2D eigenvalue weighted by Crippen LogP contribution is -2.23. The van der Waals surface area contributed by atoms with Gasteiger partial charge in [0.2, 0.25) is 0 Å². The Hall–Kier alpha value is -2.21. The summed E-state index contributed by atoms with van der Waals surface area (Å²) in [6, 6.07) is 5.91. The first kappa shape index (κ1) is 16.6. The van der Waals surface area contributed by atoms with Crippen molar-refractivity contribution in [3.05, 3.63) is 47.5 Å². The van der Waals surface area contributed by atoms with E-state index >= 15 is 0 Å². The zero-order valence-corrected chi connectivity index (χ0v) is 14.4. The molecule has 0 spiro atoms. The molecule has 0 amide bonds. The Balaban J connectivity index is 1.74. The number of carboxylic acids is 1. The molecular weight excluding hydrogens is 304 g/mol. The summed E-state index contributed by atoms with van der Waals surface area (Å²) in [4.78, 5) is 17.9. The molecule has 1 aliphatic heterocycles. The van der Waals surface area contributed by atoms with Crippen LogP contribution in [0.5, 0.6) is 0 Å². The minimum Gasteiger partial charge on any atom is -0.481 e. The van der Waals surface area contributed by atoms with Gasteiger partial charge in [0.1, 0.15) is 0 Å². The van der Waals surface area contributed by atoms with Crippen molar-refractivity contribution in [3.63, 3.8) is 0 Å². The first-order chi connectivity index (χ1) is 11.3. The number of hydrogen-bond donors (Lipinski definition) is 2. The normalized spacial score (nSPS) is 22.0. The monoisotopic (exact) mass is 328 g/mol. The van der Waals surface area contributed by atoms with Crippen LogP contribution in [0.1, 0.15) is 43.6 Å². The Morgan fingerprint density at radius 1 is 1.33 bits per heavy atom. The maximum atomic E-state index is 11.7. The number of hydrogen-bond acceptors (Lipinski definition) is 4. The Kier molecular flexibility index (Phi) is 4.41. The van der Waals surface area contributed by atoms with Gasteiger partial charge in [-0.1, -0.05) is 20.8 Å². The highest BCUT2D eigenvalue weighted by Crippen LogP contribution is 2.33. The van der Waals surface area contributed by atoms with Gasteiger partial charge < -0.3 is 5.11 Å². The number of aliphatic carboxylic acids is 1. The predicted molar refractivity (Wildman–Crippen MR) is 90.7 cm³/mol. The maximum absolute atomic E-state index is 11.7. The number of likely N-dealkylation sites (tertiary alicyclic amines) is 1. The molecule has 3 rings (SSSR count). The Morgan fingerprint density at radius 3 is 2.62 bits per heavy atom. The van der Waals surface area contributed by atoms with Gasteiger partial charge in [0.15, 0.2) is 0 Å². The van der Waals surface area contributed by atoms with Crippen molar-refractivity contribution in [1.29, 1.82) is 0 Å². The molecule has 6 nitrogen and oxygen atoms in total. The van der Waals surface area contributed by atoms with Gasteiger partial charge in [0, 0.05) is 49.1 Å². The van der Waals surface area contributed by atoms with Gasteiger partial charge in [-0.15, -0.1) is 0 Å². The summed E-state index contributed by atoms with van der Waals surface area (Å²) >= 11 is 0. The van der Waals surface area contributed by atoms with E-state index in [-0.39, 0.29) is 11.3 Å². The van der Waals surface area contributed by atoms with Crippen LogP contribution in [0.3, 0.4) is 0 Å². The second-order valence-electron chi connectivity index (χ2n) is 7.55. The fraction of sp³-hybridized carbons (Fsp3) is 0.500. The second kappa shape index (κ2) is 6.36. The molecule has 2 atom stereocenters. The van der Waals surface area contributed by atoms with E-state index in [1.165, 1.54) is 0 Å². The predicted octanol–water partition coefficient (Wildman–Crippen LogP) is 2.40. The fourth-order valence-corrected chi connectivity index (χ4v) is 3.28. The molecule has 0 saturated carbocycles. The lowest BCUT2D eigenvalue weighted by Gasteiger charge is -2.15. The maximum Gasteiger partial charge on any atom is 0.308 e. The molecule has 0 aromatic carbocycles. The highest BCUT2D eigenvalue weighted by molar-refractivity contribution is 5.72. The van der Waals surface area contributed by atoms with E-state index in [1.807, 2.05) is 12.1 Å². The zero-order valence-electron chi connectivity index (χ0n) is 14.4. The van der Waals surface area contributed by atoms with Crippen LogP contribution in [0.25, 0.3) is 0 Å². The number of aromatic amines is 1. The van der Waals surface area contributed by atoms with Crippen LogP contribution < -0.4 is 0 Å². The van der Waals surface area contributed by atoms with Crippen LogP contribution in [-0.2, 0) is 16.8 Å². The number of pyridine rings is 1. The Bertz CT molecular complexity index is 705. The third-order valence-electron chi connectivity index (χ3n) is 4.64. The SMILES string of the molecule is CC(C)(C)c1cc(CN2C[C@H](C(=O)O)[C@@H](c3ccncc3)C2)[nH]n1. The number of H-pyrrole nitrogens is 1. The molecule has 2 aromatic heterocycles. The second-order valence-corrected chi connectivity index (χ2v) is 7.55. The van der Waals surface area contributed by atoms with Crippen molar-refractivity contribution >= 4 is 5.97 Å². The molecule has 2 N–H and O–H groups in total. The molecule has 0 unspecified atom stereocenters. The molecule has 1 fully saturated rings. The summed E-state index contributed by atoms with van der Waals surface area (Å²) in [6.45, 7) is 8.35. The fourth-order valence-electron chi connectivity index (χ4n) is 3.28. The summed E-state index contributed by atoms with van der Waals surface area (Å²) in [6.07, 6.45) is 3.45. The first-order valence-corrected chi connectivity index (χ1v) is 8.24. The summed E-state index contributed by atoms with van der Waals surface area (Å²) < 4.78 is 0. The van der Waals surface area contributed by atoms with Crippen molar-refractivity contribution in [2.24, 2.45) is 5.92 Å². The number of nitrogens with one attached hydrogen (secondary N) is 1. The quantitative estimate of drug-likeness (QED) is 0.900. The summed E-state index contributed by atoms with van der Waals surface area (Å²) in [7, 11) is 0. The molecule has 24 heavy (non-hydrogen) atoms. The highest BCUT2D eigenvalue weighted by Gasteiger charge is 2.38. The van der Waals surface area contributed by atoms with E-state index in [1.54, 1.807) is 12.4 Å². The number of nitrogens with zero attached hydrogens (tertiary/aromatic N) is 3. The van der Waals surface area contributed by atoms with E-state index in [0.29, 0.717) is 13.1 Å². The van der Waals surface area contributed by atoms with Crippen molar-refractivity contribution in [2.45, 2.75) is 38.6 Å². The standard InChI is InChI=1S/C18H24N4O2/c1-18(2,3)16-8-13(20-21-16)9-22-10-14(15(11-22)17(23)24)12-4-6-19-7-5-12/h4-8,14-15H,9-11H2,1-3H3,(H,20,21)(H,23,24)/t14-,15+/m1/s1. The molecular formula is C18H24N4O2. The molecule has 0 bridgehead atoms. The van der Waals surface area contributed by atoms with Gasteiger partial charge >= 0.3 is 5.97 Å². The third-order valence-corrected chi connectivity index (χ3v) is 4.64. The number of carboxylic acid groups (broad SMARTS) is 1. The summed E-state index contributed by atoms with van der Waals surface area (Å²) in [5.74, 6) is -1.13. The zero-order chi connectivity index (χ0) is 17.3. The van der Waals surface area contributed by atoms with Gasteiger partial charge in [-0.2, -0.15) is 5.10 Å². The highest BCUT2D eigenvalue weighted by atomic mass is 16.4. The Morgan fingerprint density at radius 2 is 2.04 bits per heavy atom. The van der Waals surface area contributed by atoms with Crippen LogP contribution in [0.15, 0.2) is 30.6 Å². The van der Waals surface area contributed by atoms with Gasteiger partial charge in [-0.05, 0) is 23.8 Å². The molecule has 128 valence electrons. The van der Waals surface area contributed by atoms with Crippen molar-refractivity contribution in [2.75, 3.05) is 13.1 Å². The van der Waals surface area contributed by atoms with Crippen molar-refractivity contribution in [1.82, 2.24) is 20.1 Å². The number of aromatic nitrogens is 3. The van der Waals surface area contributed by atoms with E-state index in [9.17, 15) is 9.90 Å². The van der Waals surface area contributed by atoms with E-state index in [4.69, 9.17) is 0 Å². The van der Waals surface area contributed by atoms with E-state index < -0.39 is 11.9 Å². The van der Waals surface area contributed by atoms with Crippen LogP contribution >= 0.6 is 0 Å². The van der Waals surface area contributed by atoms with E-state index in [2.05, 4.69) is 46.9 Å². The van der Waals surface area contributed by atoms with Gasteiger partial charge in [-0.3, -0.25) is 19.8 Å². The van der Waals surface area contributed by atoms with Crippen LogP contribution in [0.2, 0.25) is 0 Å². The lowest BCUT2D eigenvalue weighted by atomic mass is 9.90. The van der Waals surface area contributed by atoms with Gasteiger partial charge in [0.25, 0.3) is 0 Å². The number of rotatable bonds is 4.